The summed E-state index contributed by atoms with van der Waals surface area (Å²) in [5.41, 5.74) is 7.20. The molecule has 120 valence electrons. The number of para-hydroxylation sites is 1. The van der Waals surface area contributed by atoms with Gasteiger partial charge in [-0.15, -0.1) is 0 Å². The quantitative estimate of drug-likeness (QED) is 0.627. The van der Waals surface area contributed by atoms with Crippen LogP contribution in [-0.2, 0) is 6.54 Å². The Bertz CT molecular complexity index is 1080. The SMILES string of the molecule is NCCCn1c(-c2ccc3cocc3c2)nc2ccccc2c1=O. The van der Waals surface area contributed by atoms with E-state index in [9.17, 15) is 4.79 Å². The molecule has 5 heteroatoms. The summed E-state index contributed by atoms with van der Waals surface area (Å²) in [5, 5.41) is 2.64. The van der Waals surface area contributed by atoms with Crippen LogP contribution in [0.5, 0.6) is 0 Å². The van der Waals surface area contributed by atoms with Gasteiger partial charge >= 0.3 is 0 Å². The van der Waals surface area contributed by atoms with E-state index in [1.54, 1.807) is 17.1 Å². The van der Waals surface area contributed by atoms with Crippen LogP contribution in [0.1, 0.15) is 6.42 Å². The lowest BCUT2D eigenvalue weighted by atomic mass is 10.1. The topological polar surface area (TPSA) is 74.1 Å². The van der Waals surface area contributed by atoms with Crippen molar-refractivity contribution in [1.29, 1.82) is 0 Å². The third kappa shape index (κ3) is 2.39. The number of furan rings is 1. The van der Waals surface area contributed by atoms with Crippen molar-refractivity contribution in [2.24, 2.45) is 5.73 Å². The first-order valence-corrected chi connectivity index (χ1v) is 7.94. The van der Waals surface area contributed by atoms with E-state index in [0.29, 0.717) is 29.8 Å². The van der Waals surface area contributed by atoms with E-state index < -0.39 is 0 Å². The maximum atomic E-state index is 12.9. The van der Waals surface area contributed by atoms with Crippen LogP contribution >= 0.6 is 0 Å². The Balaban J connectivity index is 1.99. The molecule has 4 aromatic rings. The lowest BCUT2D eigenvalue weighted by Crippen LogP contribution is -2.24. The van der Waals surface area contributed by atoms with Gasteiger partial charge in [0.25, 0.3) is 5.56 Å². The van der Waals surface area contributed by atoms with E-state index in [2.05, 4.69) is 0 Å². The van der Waals surface area contributed by atoms with Crippen molar-refractivity contribution in [2.45, 2.75) is 13.0 Å². The Morgan fingerprint density at radius 2 is 1.92 bits per heavy atom. The van der Waals surface area contributed by atoms with Crippen molar-refractivity contribution in [2.75, 3.05) is 6.54 Å². The van der Waals surface area contributed by atoms with E-state index in [0.717, 1.165) is 22.8 Å². The van der Waals surface area contributed by atoms with Gasteiger partial charge in [0.15, 0.2) is 0 Å². The average Bonchev–Trinajstić information content (AvgIpc) is 3.08. The van der Waals surface area contributed by atoms with Gasteiger partial charge in [0.05, 0.1) is 23.4 Å². The van der Waals surface area contributed by atoms with Gasteiger partial charge in [-0.2, -0.15) is 0 Å². The molecule has 2 N–H and O–H groups in total. The molecule has 0 atom stereocenters. The van der Waals surface area contributed by atoms with Gasteiger partial charge in [0.1, 0.15) is 5.82 Å². The average molecular weight is 319 g/mol. The molecule has 0 radical (unpaired) electrons. The summed E-state index contributed by atoms with van der Waals surface area (Å²) in [4.78, 5) is 17.6. The fourth-order valence-corrected chi connectivity index (χ4v) is 2.95. The normalized spacial score (nSPS) is 11.4. The molecule has 4 rings (SSSR count). The van der Waals surface area contributed by atoms with Gasteiger partial charge < -0.3 is 10.2 Å². The zero-order valence-electron chi connectivity index (χ0n) is 13.1. The number of hydrogen-bond donors (Lipinski definition) is 1. The first-order chi connectivity index (χ1) is 11.8. The van der Waals surface area contributed by atoms with Crippen molar-refractivity contribution < 1.29 is 4.42 Å². The highest BCUT2D eigenvalue weighted by atomic mass is 16.3. The van der Waals surface area contributed by atoms with Gasteiger partial charge in [0.2, 0.25) is 0 Å². The third-order valence-electron chi connectivity index (χ3n) is 4.18. The van der Waals surface area contributed by atoms with Gasteiger partial charge in [-0.1, -0.05) is 24.3 Å². The second kappa shape index (κ2) is 5.94. The summed E-state index contributed by atoms with van der Waals surface area (Å²) >= 11 is 0. The molecular formula is C19H17N3O2. The minimum absolute atomic E-state index is 0.0312. The van der Waals surface area contributed by atoms with Crippen LogP contribution in [0.2, 0.25) is 0 Å². The van der Waals surface area contributed by atoms with Crippen LogP contribution in [0.3, 0.4) is 0 Å². The van der Waals surface area contributed by atoms with Crippen LogP contribution in [0.15, 0.2) is 64.2 Å². The van der Waals surface area contributed by atoms with Crippen molar-refractivity contribution in [3.8, 4) is 11.4 Å². The Labute approximate surface area is 138 Å². The first-order valence-electron chi connectivity index (χ1n) is 7.94. The molecule has 0 aliphatic carbocycles. The highest BCUT2D eigenvalue weighted by Gasteiger charge is 2.13. The maximum absolute atomic E-state index is 12.9. The molecule has 0 saturated carbocycles. The molecule has 0 aliphatic heterocycles. The summed E-state index contributed by atoms with van der Waals surface area (Å²) in [6.07, 6.45) is 4.12. The highest BCUT2D eigenvalue weighted by molar-refractivity contribution is 5.86. The summed E-state index contributed by atoms with van der Waals surface area (Å²) in [7, 11) is 0. The molecule has 2 heterocycles. The van der Waals surface area contributed by atoms with Crippen molar-refractivity contribution in [3.05, 3.63) is 65.3 Å². The zero-order chi connectivity index (χ0) is 16.5. The number of fused-ring (bicyclic) bond motifs is 2. The van der Waals surface area contributed by atoms with Crippen molar-refractivity contribution in [1.82, 2.24) is 9.55 Å². The lowest BCUT2D eigenvalue weighted by Gasteiger charge is -2.13. The molecule has 5 nitrogen and oxygen atoms in total. The maximum Gasteiger partial charge on any atom is 0.261 e. The molecule has 24 heavy (non-hydrogen) atoms. The summed E-state index contributed by atoms with van der Waals surface area (Å²) < 4.78 is 6.96. The molecule has 0 unspecified atom stereocenters. The molecule has 0 amide bonds. The number of rotatable bonds is 4. The van der Waals surface area contributed by atoms with Gasteiger partial charge in [-0.3, -0.25) is 9.36 Å². The van der Waals surface area contributed by atoms with Crippen molar-refractivity contribution >= 4 is 21.7 Å². The fraction of sp³-hybridized carbons (Fsp3) is 0.158. The molecule has 0 spiro atoms. The molecular weight excluding hydrogens is 302 g/mol. The van der Waals surface area contributed by atoms with Crippen LogP contribution in [0, 0.1) is 0 Å². The Morgan fingerprint density at radius 3 is 2.79 bits per heavy atom. The minimum Gasteiger partial charge on any atom is -0.471 e. The molecule has 0 saturated heterocycles. The lowest BCUT2D eigenvalue weighted by molar-refractivity contribution is 0.572. The van der Waals surface area contributed by atoms with E-state index in [1.165, 1.54) is 0 Å². The van der Waals surface area contributed by atoms with Crippen LogP contribution in [-0.4, -0.2) is 16.1 Å². The largest absolute Gasteiger partial charge is 0.471 e. The predicted octanol–water partition coefficient (Wildman–Crippen LogP) is 3.16. The van der Waals surface area contributed by atoms with Gasteiger partial charge in [-0.25, -0.2) is 4.98 Å². The second-order valence-electron chi connectivity index (χ2n) is 5.77. The highest BCUT2D eigenvalue weighted by Crippen LogP contribution is 2.24. The first kappa shape index (κ1) is 14.7. The van der Waals surface area contributed by atoms with Crippen LogP contribution in [0.4, 0.5) is 0 Å². The van der Waals surface area contributed by atoms with Crippen LogP contribution in [0.25, 0.3) is 33.1 Å². The summed E-state index contributed by atoms with van der Waals surface area (Å²) in [6, 6.07) is 13.4. The van der Waals surface area contributed by atoms with Gasteiger partial charge in [-0.05, 0) is 31.2 Å². The van der Waals surface area contributed by atoms with E-state index in [1.807, 2.05) is 42.5 Å². The zero-order valence-corrected chi connectivity index (χ0v) is 13.1. The molecule has 0 aliphatic rings. The summed E-state index contributed by atoms with van der Waals surface area (Å²) in [5.74, 6) is 0.662. The number of nitrogens with two attached hydrogens (primary N) is 1. The number of nitrogens with zero attached hydrogens (tertiary/aromatic N) is 2. The third-order valence-corrected chi connectivity index (χ3v) is 4.18. The van der Waals surface area contributed by atoms with Crippen LogP contribution < -0.4 is 11.3 Å². The molecule has 2 aromatic carbocycles. The standard InChI is InChI=1S/C19H17N3O2/c20-8-3-9-22-18(13-6-7-14-11-24-12-15(14)10-13)21-17-5-2-1-4-16(17)19(22)23/h1-2,4-7,10-12H,3,8-9,20H2. The van der Waals surface area contributed by atoms with E-state index in [-0.39, 0.29) is 5.56 Å². The number of hydrogen-bond acceptors (Lipinski definition) is 4. The summed E-state index contributed by atoms with van der Waals surface area (Å²) in [6.45, 7) is 1.07. The second-order valence-corrected chi connectivity index (χ2v) is 5.77. The van der Waals surface area contributed by atoms with E-state index >= 15 is 0 Å². The Hall–Kier alpha value is -2.92. The smallest absolute Gasteiger partial charge is 0.261 e. The minimum atomic E-state index is -0.0312. The molecule has 0 bridgehead atoms. The number of aromatic nitrogens is 2. The molecule has 0 fully saturated rings. The predicted molar refractivity (Wildman–Crippen MR) is 94.9 cm³/mol. The monoisotopic (exact) mass is 319 g/mol. The molecule has 2 aromatic heterocycles. The van der Waals surface area contributed by atoms with E-state index in [4.69, 9.17) is 15.1 Å². The van der Waals surface area contributed by atoms with Crippen molar-refractivity contribution in [3.63, 3.8) is 0 Å². The Morgan fingerprint density at radius 1 is 1.08 bits per heavy atom. The fourth-order valence-electron chi connectivity index (χ4n) is 2.95. The van der Waals surface area contributed by atoms with Gasteiger partial charge in [0, 0.05) is 22.9 Å². The number of benzene rings is 2. The Kier molecular flexibility index (Phi) is 3.63.